The Morgan fingerprint density at radius 1 is 1.09 bits per heavy atom. The molecule has 1 unspecified atom stereocenters. The van der Waals surface area contributed by atoms with Crippen molar-refractivity contribution < 1.29 is 4.42 Å². The quantitative estimate of drug-likeness (QED) is 0.391. The third-order valence-electron chi connectivity index (χ3n) is 6.02. The lowest BCUT2D eigenvalue weighted by Gasteiger charge is -2.20. The minimum Gasteiger partial charge on any atom is -0.441 e. The molecule has 6 aromatic rings. The molecular weight excluding hydrogens is 444 g/mol. The van der Waals surface area contributed by atoms with Crippen LogP contribution < -0.4 is 10.9 Å². The summed E-state index contributed by atoms with van der Waals surface area (Å²) >= 11 is 0. The number of fused-ring (bicyclic) bond motifs is 2. The van der Waals surface area contributed by atoms with Crippen molar-refractivity contribution in [3.8, 4) is 17.0 Å². The number of nitrogens with zero attached hydrogens (tertiary/aromatic N) is 6. The molecule has 0 aliphatic heterocycles. The zero-order valence-electron chi connectivity index (χ0n) is 19.4. The fourth-order valence-corrected chi connectivity index (χ4v) is 4.36. The number of aryl methyl sites for hydroxylation is 2. The summed E-state index contributed by atoms with van der Waals surface area (Å²) in [5.41, 5.74) is 3.47. The Morgan fingerprint density at radius 2 is 1.91 bits per heavy atom. The molecule has 0 aliphatic rings. The number of H-pyrrole nitrogens is 1. The van der Waals surface area contributed by atoms with Gasteiger partial charge in [0.15, 0.2) is 17.5 Å². The molecule has 0 radical (unpaired) electrons. The van der Waals surface area contributed by atoms with Crippen LogP contribution in [0.5, 0.6) is 0 Å². The Labute approximate surface area is 199 Å². The van der Waals surface area contributed by atoms with Crippen molar-refractivity contribution in [2.45, 2.75) is 26.8 Å². The predicted molar refractivity (Wildman–Crippen MR) is 132 cm³/mol. The third kappa shape index (κ3) is 3.38. The van der Waals surface area contributed by atoms with Crippen LogP contribution in [0.3, 0.4) is 0 Å². The zero-order chi connectivity index (χ0) is 24.1. The Balaban J connectivity index is 1.50. The third-order valence-corrected chi connectivity index (χ3v) is 6.02. The normalized spacial score (nSPS) is 12.4. The van der Waals surface area contributed by atoms with E-state index in [2.05, 4.69) is 25.3 Å². The Kier molecular flexibility index (Phi) is 4.73. The maximum Gasteiger partial charge on any atom is 0.282 e. The van der Waals surface area contributed by atoms with Crippen LogP contribution >= 0.6 is 0 Å². The highest BCUT2D eigenvalue weighted by Gasteiger charge is 2.22. The van der Waals surface area contributed by atoms with Crippen molar-refractivity contribution in [3.05, 3.63) is 88.9 Å². The van der Waals surface area contributed by atoms with Gasteiger partial charge in [0.2, 0.25) is 0 Å². The molecule has 35 heavy (non-hydrogen) atoms. The number of aromatic nitrogens is 7. The summed E-state index contributed by atoms with van der Waals surface area (Å²) in [6.45, 7) is 5.65. The van der Waals surface area contributed by atoms with Gasteiger partial charge in [-0.1, -0.05) is 18.2 Å². The second-order valence-corrected chi connectivity index (χ2v) is 8.38. The van der Waals surface area contributed by atoms with E-state index >= 15 is 0 Å². The van der Waals surface area contributed by atoms with E-state index in [-0.39, 0.29) is 11.6 Å². The number of nitrogens with one attached hydrogen (secondary N) is 2. The lowest BCUT2D eigenvalue weighted by molar-refractivity contribution is 0.535. The van der Waals surface area contributed by atoms with E-state index in [1.165, 1.54) is 6.33 Å². The number of hydrogen-bond acceptors (Lipinski definition) is 7. The molecule has 1 aromatic carbocycles. The number of hydrogen-bond donors (Lipinski definition) is 2. The SMILES string of the molecule is Cc1ncc(-c2c[nH]c3ncnc(NC(C)c4nn5ccc(C)c5c(=O)n4-c4ccccc4)c23)o1. The Hall–Kier alpha value is -4.73. The van der Waals surface area contributed by atoms with Crippen LogP contribution in [0, 0.1) is 13.8 Å². The molecule has 5 aromatic heterocycles. The van der Waals surface area contributed by atoms with Gasteiger partial charge in [-0.2, -0.15) is 5.10 Å². The number of oxazole rings is 1. The number of para-hydroxylation sites is 1. The van der Waals surface area contributed by atoms with E-state index in [0.717, 1.165) is 22.2 Å². The van der Waals surface area contributed by atoms with Crippen molar-refractivity contribution >= 4 is 22.4 Å². The summed E-state index contributed by atoms with van der Waals surface area (Å²) in [6, 6.07) is 11.0. The molecular formula is C25H22N8O2. The lowest BCUT2D eigenvalue weighted by Crippen LogP contribution is -2.29. The molecule has 5 heterocycles. The molecule has 10 nitrogen and oxygen atoms in total. The van der Waals surface area contributed by atoms with Gasteiger partial charge in [0.05, 0.1) is 23.3 Å². The van der Waals surface area contributed by atoms with E-state index in [1.54, 1.807) is 28.4 Å². The second kappa shape index (κ2) is 7.94. The first-order valence-corrected chi connectivity index (χ1v) is 11.2. The molecule has 0 aliphatic carbocycles. The Morgan fingerprint density at radius 3 is 2.69 bits per heavy atom. The van der Waals surface area contributed by atoms with Crippen LogP contribution in [0.15, 0.2) is 70.5 Å². The first-order chi connectivity index (χ1) is 17.0. The van der Waals surface area contributed by atoms with E-state index < -0.39 is 0 Å². The van der Waals surface area contributed by atoms with Crippen molar-refractivity contribution in [2.75, 3.05) is 5.32 Å². The van der Waals surface area contributed by atoms with E-state index in [0.29, 0.717) is 34.5 Å². The summed E-state index contributed by atoms with van der Waals surface area (Å²) in [5, 5.41) is 9.03. The number of benzene rings is 1. The molecule has 0 saturated heterocycles. The predicted octanol–water partition coefficient (Wildman–Crippen LogP) is 4.20. The second-order valence-electron chi connectivity index (χ2n) is 8.38. The molecule has 174 valence electrons. The maximum absolute atomic E-state index is 13.6. The molecule has 6 rings (SSSR count). The van der Waals surface area contributed by atoms with E-state index in [4.69, 9.17) is 9.52 Å². The van der Waals surface area contributed by atoms with Gasteiger partial charge in [0, 0.05) is 24.9 Å². The molecule has 0 amide bonds. The van der Waals surface area contributed by atoms with Crippen LogP contribution in [-0.2, 0) is 0 Å². The smallest absolute Gasteiger partial charge is 0.282 e. The summed E-state index contributed by atoms with van der Waals surface area (Å²) in [6.07, 6.45) is 6.79. The largest absolute Gasteiger partial charge is 0.441 e. The minimum atomic E-state index is -0.382. The van der Waals surface area contributed by atoms with Crippen LogP contribution in [0.2, 0.25) is 0 Å². The first kappa shape index (κ1) is 20.8. The van der Waals surface area contributed by atoms with Crippen LogP contribution in [0.4, 0.5) is 5.82 Å². The lowest BCUT2D eigenvalue weighted by atomic mass is 10.2. The van der Waals surface area contributed by atoms with Crippen LogP contribution in [-0.4, -0.2) is 34.1 Å². The van der Waals surface area contributed by atoms with Gasteiger partial charge < -0.3 is 14.7 Å². The minimum absolute atomic E-state index is 0.135. The van der Waals surface area contributed by atoms with Gasteiger partial charge in [-0.15, -0.1) is 0 Å². The molecule has 0 spiro atoms. The van der Waals surface area contributed by atoms with Gasteiger partial charge in [-0.05, 0) is 37.6 Å². The highest BCUT2D eigenvalue weighted by molar-refractivity contribution is 5.99. The Bertz CT molecular complexity index is 1740. The van der Waals surface area contributed by atoms with Crippen LogP contribution in [0.1, 0.15) is 30.2 Å². The van der Waals surface area contributed by atoms with E-state index in [1.807, 2.05) is 56.4 Å². The average molecular weight is 467 g/mol. The number of aromatic amines is 1. The van der Waals surface area contributed by atoms with Crippen LogP contribution in [0.25, 0.3) is 33.6 Å². The summed E-state index contributed by atoms with van der Waals surface area (Å²) in [5.74, 6) is 2.32. The monoisotopic (exact) mass is 466 g/mol. The highest BCUT2D eigenvalue weighted by atomic mass is 16.4. The fourth-order valence-electron chi connectivity index (χ4n) is 4.36. The van der Waals surface area contributed by atoms with Gasteiger partial charge in [-0.25, -0.2) is 19.5 Å². The molecule has 0 fully saturated rings. The first-order valence-electron chi connectivity index (χ1n) is 11.2. The standard InChI is InChI=1S/C25H22N8O2/c1-14-9-10-32-21(14)25(34)33(17-7-5-4-6-8-17)24(31-32)15(2)30-23-20-18(19-12-26-16(3)35-19)11-27-22(20)28-13-29-23/h4-13,15H,1-3H3,(H2,27,28,29,30). The summed E-state index contributed by atoms with van der Waals surface area (Å²) in [4.78, 5) is 29.9. The summed E-state index contributed by atoms with van der Waals surface area (Å²) in [7, 11) is 0. The summed E-state index contributed by atoms with van der Waals surface area (Å²) < 4.78 is 9.04. The number of rotatable bonds is 5. The van der Waals surface area contributed by atoms with Gasteiger partial charge in [0.1, 0.15) is 23.3 Å². The van der Waals surface area contributed by atoms with Gasteiger partial charge >= 0.3 is 0 Å². The van der Waals surface area contributed by atoms with Crippen molar-refractivity contribution in [3.63, 3.8) is 0 Å². The van der Waals surface area contributed by atoms with Gasteiger partial charge in [-0.3, -0.25) is 9.36 Å². The topological polar surface area (TPSA) is 119 Å². The highest BCUT2D eigenvalue weighted by Crippen LogP contribution is 2.33. The van der Waals surface area contributed by atoms with Gasteiger partial charge in [0.25, 0.3) is 5.56 Å². The van der Waals surface area contributed by atoms with Crippen molar-refractivity contribution in [1.29, 1.82) is 0 Å². The van der Waals surface area contributed by atoms with E-state index in [9.17, 15) is 4.79 Å². The molecule has 0 bridgehead atoms. The molecule has 2 N–H and O–H groups in total. The molecule has 10 heteroatoms. The zero-order valence-corrected chi connectivity index (χ0v) is 19.4. The number of anilines is 1. The fraction of sp³-hybridized carbons (Fsp3) is 0.160. The maximum atomic E-state index is 13.6. The molecule has 0 saturated carbocycles. The average Bonchev–Trinajstić information content (AvgIpc) is 3.58. The van der Waals surface area contributed by atoms with Crippen molar-refractivity contribution in [1.82, 2.24) is 34.1 Å². The molecule has 1 atom stereocenters. The van der Waals surface area contributed by atoms with Crippen molar-refractivity contribution in [2.24, 2.45) is 0 Å².